The van der Waals surface area contributed by atoms with E-state index >= 15 is 0 Å². The minimum absolute atomic E-state index is 0.306. The first-order valence-corrected chi connectivity index (χ1v) is 5.70. The predicted molar refractivity (Wildman–Crippen MR) is 67.0 cm³/mol. The SMILES string of the molecule is CCNCc1cccc(-c2cncc(F)c2)c1. The van der Waals surface area contributed by atoms with Crippen LogP contribution in [-0.2, 0) is 6.54 Å². The fraction of sp³-hybridized carbons (Fsp3) is 0.214. The summed E-state index contributed by atoms with van der Waals surface area (Å²) in [4.78, 5) is 3.86. The first kappa shape index (κ1) is 11.7. The summed E-state index contributed by atoms with van der Waals surface area (Å²) >= 11 is 0. The van der Waals surface area contributed by atoms with E-state index in [1.165, 1.54) is 17.8 Å². The van der Waals surface area contributed by atoms with E-state index in [-0.39, 0.29) is 5.82 Å². The Balaban J connectivity index is 2.26. The highest BCUT2D eigenvalue weighted by Gasteiger charge is 2.01. The molecule has 2 aromatic rings. The lowest BCUT2D eigenvalue weighted by molar-refractivity contribution is 0.622. The summed E-state index contributed by atoms with van der Waals surface area (Å²) in [6, 6.07) is 9.55. The number of nitrogens with one attached hydrogen (secondary N) is 1. The molecule has 1 heterocycles. The minimum Gasteiger partial charge on any atom is -0.313 e. The molecule has 0 unspecified atom stereocenters. The van der Waals surface area contributed by atoms with Crippen molar-refractivity contribution < 1.29 is 4.39 Å². The largest absolute Gasteiger partial charge is 0.313 e. The Labute approximate surface area is 101 Å². The molecule has 17 heavy (non-hydrogen) atoms. The Hall–Kier alpha value is -1.74. The second-order valence-corrected chi connectivity index (χ2v) is 3.87. The number of rotatable bonds is 4. The number of nitrogens with zero attached hydrogens (tertiary/aromatic N) is 1. The van der Waals surface area contributed by atoms with Crippen molar-refractivity contribution in [2.24, 2.45) is 0 Å². The van der Waals surface area contributed by atoms with E-state index < -0.39 is 0 Å². The molecule has 0 fully saturated rings. The van der Waals surface area contributed by atoms with Gasteiger partial charge in [-0.05, 0) is 29.8 Å². The third-order valence-electron chi connectivity index (χ3n) is 2.54. The third kappa shape index (κ3) is 3.11. The molecule has 0 amide bonds. The van der Waals surface area contributed by atoms with Gasteiger partial charge >= 0.3 is 0 Å². The Kier molecular flexibility index (Phi) is 3.83. The molecule has 0 saturated heterocycles. The summed E-state index contributed by atoms with van der Waals surface area (Å²) in [6.45, 7) is 3.83. The number of benzene rings is 1. The average Bonchev–Trinajstić information content (AvgIpc) is 2.37. The summed E-state index contributed by atoms with van der Waals surface area (Å²) in [5.41, 5.74) is 2.99. The number of hydrogen-bond donors (Lipinski definition) is 1. The molecule has 1 N–H and O–H groups in total. The maximum atomic E-state index is 13.1. The topological polar surface area (TPSA) is 24.9 Å². The lowest BCUT2D eigenvalue weighted by Gasteiger charge is -2.05. The van der Waals surface area contributed by atoms with Gasteiger partial charge in [0.05, 0.1) is 6.20 Å². The number of halogens is 1. The Morgan fingerprint density at radius 3 is 2.82 bits per heavy atom. The van der Waals surface area contributed by atoms with Gasteiger partial charge in [0.1, 0.15) is 5.82 Å². The van der Waals surface area contributed by atoms with Gasteiger partial charge in [0, 0.05) is 18.3 Å². The number of hydrogen-bond acceptors (Lipinski definition) is 2. The van der Waals surface area contributed by atoms with Crippen LogP contribution >= 0.6 is 0 Å². The minimum atomic E-state index is -0.306. The lowest BCUT2D eigenvalue weighted by atomic mass is 10.0. The van der Waals surface area contributed by atoms with Crippen molar-refractivity contribution in [1.82, 2.24) is 10.3 Å². The van der Waals surface area contributed by atoms with Gasteiger partial charge in [-0.1, -0.05) is 25.1 Å². The Morgan fingerprint density at radius 2 is 2.06 bits per heavy atom. The van der Waals surface area contributed by atoms with Crippen LogP contribution in [-0.4, -0.2) is 11.5 Å². The molecule has 0 aliphatic rings. The van der Waals surface area contributed by atoms with Gasteiger partial charge in [0.2, 0.25) is 0 Å². The molecule has 0 bridgehead atoms. The summed E-state index contributed by atoms with van der Waals surface area (Å²) in [6.07, 6.45) is 2.89. The van der Waals surface area contributed by atoms with Gasteiger partial charge in [0.25, 0.3) is 0 Å². The van der Waals surface area contributed by atoms with Gasteiger partial charge in [-0.15, -0.1) is 0 Å². The Morgan fingerprint density at radius 1 is 1.18 bits per heavy atom. The predicted octanol–water partition coefficient (Wildman–Crippen LogP) is 3.00. The average molecular weight is 230 g/mol. The van der Waals surface area contributed by atoms with E-state index in [2.05, 4.69) is 29.4 Å². The van der Waals surface area contributed by atoms with Crippen LogP contribution in [0.1, 0.15) is 12.5 Å². The summed E-state index contributed by atoms with van der Waals surface area (Å²) in [7, 11) is 0. The molecule has 2 nitrogen and oxygen atoms in total. The summed E-state index contributed by atoms with van der Waals surface area (Å²) < 4.78 is 13.1. The van der Waals surface area contributed by atoms with Crippen molar-refractivity contribution in [3.63, 3.8) is 0 Å². The molecule has 3 heteroatoms. The second-order valence-electron chi connectivity index (χ2n) is 3.87. The maximum Gasteiger partial charge on any atom is 0.142 e. The monoisotopic (exact) mass is 230 g/mol. The standard InChI is InChI=1S/C14H15FN2/c1-2-16-8-11-4-3-5-12(6-11)13-7-14(15)10-17-9-13/h3-7,9-10,16H,2,8H2,1H3. The molecule has 1 aromatic carbocycles. The first-order chi connectivity index (χ1) is 8.29. The van der Waals surface area contributed by atoms with Gasteiger partial charge in [-0.25, -0.2) is 4.39 Å². The van der Waals surface area contributed by atoms with Gasteiger partial charge in [-0.3, -0.25) is 4.98 Å². The molecular formula is C14H15FN2. The summed E-state index contributed by atoms with van der Waals surface area (Å²) in [5.74, 6) is -0.306. The van der Waals surface area contributed by atoms with Crippen LogP contribution in [0.4, 0.5) is 4.39 Å². The van der Waals surface area contributed by atoms with Crippen molar-refractivity contribution >= 4 is 0 Å². The molecule has 0 spiro atoms. The van der Waals surface area contributed by atoms with E-state index in [1.807, 2.05) is 12.1 Å². The van der Waals surface area contributed by atoms with Crippen molar-refractivity contribution in [2.75, 3.05) is 6.54 Å². The van der Waals surface area contributed by atoms with Gasteiger partial charge < -0.3 is 5.32 Å². The van der Waals surface area contributed by atoms with Crippen LogP contribution in [0.15, 0.2) is 42.7 Å². The smallest absolute Gasteiger partial charge is 0.142 e. The molecule has 0 atom stereocenters. The molecule has 2 rings (SSSR count). The quantitative estimate of drug-likeness (QED) is 0.873. The molecule has 0 aliphatic heterocycles. The fourth-order valence-corrected chi connectivity index (χ4v) is 1.70. The first-order valence-electron chi connectivity index (χ1n) is 5.70. The van der Waals surface area contributed by atoms with E-state index in [0.29, 0.717) is 0 Å². The highest BCUT2D eigenvalue weighted by atomic mass is 19.1. The molecule has 1 aromatic heterocycles. The van der Waals surface area contributed by atoms with E-state index in [0.717, 1.165) is 24.2 Å². The maximum absolute atomic E-state index is 13.1. The molecule has 0 aliphatic carbocycles. The molecular weight excluding hydrogens is 215 g/mol. The van der Waals surface area contributed by atoms with Crippen LogP contribution in [0.2, 0.25) is 0 Å². The van der Waals surface area contributed by atoms with Crippen molar-refractivity contribution in [2.45, 2.75) is 13.5 Å². The zero-order valence-corrected chi connectivity index (χ0v) is 9.78. The van der Waals surface area contributed by atoms with Crippen LogP contribution in [0, 0.1) is 5.82 Å². The van der Waals surface area contributed by atoms with E-state index in [9.17, 15) is 4.39 Å². The van der Waals surface area contributed by atoms with E-state index in [4.69, 9.17) is 0 Å². The molecule has 0 saturated carbocycles. The molecule has 88 valence electrons. The van der Waals surface area contributed by atoms with Crippen LogP contribution in [0.5, 0.6) is 0 Å². The Bertz CT molecular complexity index is 497. The van der Waals surface area contributed by atoms with Crippen molar-refractivity contribution in [1.29, 1.82) is 0 Å². The second kappa shape index (κ2) is 5.55. The van der Waals surface area contributed by atoms with Gasteiger partial charge in [-0.2, -0.15) is 0 Å². The normalized spacial score (nSPS) is 10.5. The zero-order valence-electron chi connectivity index (χ0n) is 9.78. The number of pyridine rings is 1. The number of aromatic nitrogens is 1. The highest BCUT2D eigenvalue weighted by Crippen LogP contribution is 2.20. The lowest BCUT2D eigenvalue weighted by Crippen LogP contribution is -2.11. The third-order valence-corrected chi connectivity index (χ3v) is 2.54. The van der Waals surface area contributed by atoms with Gasteiger partial charge in [0.15, 0.2) is 0 Å². The van der Waals surface area contributed by atoms with E-state index in [1.54, 1.807) is 6.20 Å². The summed E-state index contributed by atoms with van der Waals surface area (Å²) in [5, 5.41) is 3.26. The zero-order chi connectivity index (χ0) is 12.1. The van der Waals surface area contributed by atoms with Crippen LogP contribution < -0.4 is 5.32 Å². The van der Waals surface area contributed by atoms with Crippen molar-refractivity contribution in [3.05, 3.63) is 54.1 Å². The van der Waals surface area contributed by atoms with Crippen LogP contribution in [0.25, 0.3) is 11.1 Å². The van der Waals surface area contributed by atoms with Crippen molar-refractivity contribution in [3.8, 4) is 11.1 Å². The molecule has 0 radical (unpaired) electrons. The van der Waals surface area contributed by atoms with Crippen LogP contribution in [0.3, 0.4) is 0 Å². The highest BCUT2D eigenvalue weighted by molar-refractivity contribution is 5.63. The fourth-order valence-electron chi connectivity index (χ4n) is 1.70.